The molecule has 3 heterocycles. The molecule has 2 aromatic heterocycles. The zero-order chi connectivity index (χ0) is 16.8. The Balaban J connectivity index is 1.74. The molecule has 1 fully saturated rings. The van der Waals surface area contributed by atoms with Crippen LogP contribution in [0.5, 0.6) is 0 Å². The van der Waals surface area contributed by atoms with Gasteiger partial charge in [0.15, 0.2) is 0 Å². The quantitative estimate of drug-likeness (QED) is 0.880. The zero-order valence-electron chi connectivity index (χ0n) is 14.6. The highest BCUT2D eigenvalue weighted by Crippen LogP contribution is 2.31. The van der Waals surface area contributed by atoms with Crippen LogP contribution in [-0.2, 0) is 13.0 Å². The molecule has 0 saturated carbocycles. The van der Waals surface area contributed by atoms with Gasteiger partial charge < -0.3 is 5.32 Å². The number of aromatic nitrogens is 4. The van der Waals surface area contributed by atoms with Gasteiger partial charge in [0.25, 0.3) is 0 Å². The molecule has 0 aromatic carbocycles. The third kappa shape index (κ3) is 4.06. The first kappa shape index (κ1) is 16.8. The number of hydrogen-bond acceptors (Lipinski definition) is 6. The largest absolute Gasteiger partial charge is 0.357 e. The van der Waals surface area contributed by atoms with E-state index in [1.807, 2.05) is 31.7 Å². The molecule has 1 saturated heterocycles. The van der Waals surface area contributed by atoms with Gasteiger partial charge in [-0.25, -0.2) is 19.9 Å². The van der Waals surface area contributed by atoms with Crippen LogP contribution in [0.2, 0.25) is 0 Å². The minimum Gasteiger partial charge on any atom is -0.357 e. The molecule has 1 aliphatic heterocycles. The van der Waals surface area contributed by atoms with Crippen molar-refractivity contribution in [3.8, 4) is 0 Å². The third-order valence-corrected chi connectivity index (χ3v) is 4.47. The fraction of sp³-hybridized carbons (Fsp3) is 0.556. The lowest BCUT2D eigenvalue weighted by Gasteiger charge is -2.35. The summed E-state index contributed by atoms with van der Waals surface area (Å²) in [6, 6.07) is 2.37. The van der Waals surface area contributed by atoms with Crippen molar-refractivity contribution < 1.29 is 0 Å². The second kappa shape index (κ2) is 8.15. The molecule has 128 valence electrons. The standard InChI is InChI=1S/C18H26N6/c1-3-6-17-21-11-14(12-22-17)13-24-10-5-4-7-16(24)15-8-9-20-18(19-2)23-15/h8-9,11-12,16H,3-7,10,13H2,1-2H3,(H,19,20,23)/t16-/m0/s1. The molecular weight excluding hydrogens is 300 g/mol. The van der Waals surface area contributed by atoms with E-state index in [-0.39, 0.29) is 0 Å². The molecule has 1 atom stereocenters. The van der Waals surface area contributed by atoms with Gasteiger partial charge in [0.2, 0.25) is 5.95 Å². The van der Waals surface area contributed by atoms with E-state index in [4.69, 9.17) is 0 Å². The molecular formula is C18H26N6. The molecule has 3 rings (SSSR count). The van der Waals surface area contributed by atoms with Crippen LogP contribution < -0.4 is 5.32 Å². The van der Waals surface area contributed by atoms with Crippen LogP contribution in [0, 0.1) is 0 Å². The first-order chi connectivity index (χ1) is 11.8. The Morgan fingerprint density at radius 2 is 2.04 bits per heavy atom. The maximum Gasteiger partial charge on any atom is 0.222 e. The minimum atomic E-state index is 0.337. The lowest BCUT2D eigenvalue weighted by atomic mass is 9.98. The summed E-state index contributed by atoms with van der Waals surface area (Å²) >= 11 is 0. The normalized spacial score (nSPS) is 18.5. The summed E-state index contributed by atoms with van der Waals surface area (Å²) in [6.45, 7) is 4.10. The van der Waals surface area contributed by atoms with Crippen molar-refractivity contribution in [3.05, 3.63) is 41.7 Å². The summed E-state index contributed by atoms with van der Waals surface area (Å²) in [4.78, 5) is 20.3. The van der Waals surface area contributed by atoms with Crippen molar-refractivity contribution in [2.24, 2.45) is 0 Å². The number of rotatable bonds is 6. The van der Waals surface area contributed by atoms with E-state index >= 15 is 0 Å². The third-order valence-electron chi connectivity index (χ3n) is 4.47. The molecule has 1 aliphatic rings. The average Bonchev–Trinajstić information content (AvgIpc) is 2.64. The average molecular weight is 326 g/mol. The fourth-order valence-electron chi connectivity index (χ4n) is 3.24. The van der Waals surface area contributed by atoms with E-state index in [1.165, 1.54) is 18.4 Å². The van der Waals surface area contributed by atoms with E-state index in [1.54, 1.807) is 0 Å². The number of nitrogens with one attached hydrogen (secondary N) is 1. The van der Waals surface area contributed by atoms with E-state index in [0.717, 1.165) is 43.9 Å². The van der Waals surface area contributed by atoms with Gasteiger partial charge >= 0.3 is 0 Å². The van der Waals surface area contributed by atoms with Gasteiger partial charge in [0, 0.05) is 44.2 Å². The summed E-state index contributed by atoms with van der Waals surface area (Å²) in [5.74, 6) is 1.62. The first-order valence-electron chi connectivity index (χ1n) is 8.84. The Kier molecular flexibility index (Phi) is 5.69. The highest BCUT2D eigenvalue weighted by Gasteiger charge is 2.25. The Bertz CT molecular complexity index is 642. The number of nitrogens with zero attached hydrogens (tertiary/aromatic N) is 5. The molecule has 6 nitrogen and oxygen atoms in total. The molecule has 1 N–H and O–H groups in total. The Morgan fingerprint density at radius 1 is 1.21 bits per heavy atom. The van der Waals surface area contributed by atoms with Gasteiger partial charge in [-0.05, 0) is 31.9 Å². The van der Waals surface area contributed by atoms with Crippen molar-refractivity contribution in [1.29, 1.82) is 0 Å². The van der Waals surface area contributed by atoms with Gasteiger partial charge in [-0.15, -0.1) is 0 Å². The van der Waals surface area contributed by atoms with Crippen molar-refractivity contribution in [1.82, 2.24) is 24.8 Å². The number of anilines is 1. The second-order valence-electron chi connectivity index (χ2n) is 6.29. The van der Waals surface area contributed by atoms with Crippen LogP contribution >= 0.6 is 0 Å². The van der Waals surface area contributed by atoms with Crippen molar-refractivity contribution in [3.63, 3.8) is 0 Å². The van der Waals surface area contributed by atoms with Gasteiger partial charge in [0.05, 0.1) is 11.7 Å². The molecule has 0 unspecified atom stereocenters. The van der Waals surface area contributed by atoms with Gasteiger partial charge in [-0.3, -0.25) is 4.90 Å². The lowest BCUT2D eigenvalue weighted by molar-refractivity contribution is 0.137. The van der Waals surface area contributed by atoms with Crippen LogP contribution in [0.25, 0.3) is 0 Å². The summed E-state index contributed by atoms with van der Waals surface area (Å²) in [5, 5.41) is 3.03. The van der Waals surface area contributed by atoms with E-state index in [9.17, 15) is 0 Å². The second-order valence-corrected chi connectivity index (χ2v) is 6.29. The molecule has 0 aliphatic carbocycles. The van der Waals surface area contributed by atoms with E-state index < -0.39 is 0 Å². The molecule has 0 spiro atoms. The monoisotopic (exact) mass is 326 g/mol. The van der Waals surface area contributed by atoms with E-state index in [2.05, 4.69) is 37.1 Å². The van der Waals surface area contributed by atoms with Crippen molar-refractivity contribution in [2.75, 3.05) is 18.9 Å². The summed E-state index contributed by atoms with van der Waals surface area (Å²) in [5.41, 5.74) is 2.27. The SMILES string of the molecule is CCCc1ncc(CN2CCCC[C@H]2c2ccnc(NC)n2)cn1. The Labute approximate surface area is 143 Å². The predicted octanol–water partition coefficient (Wildman–Crippen LogP) is 2.99. The van der Waals surface area contributed by atoms with Crippen LogP contribution in [0.1, 0.15) is 55.7 Å². The molecule has 0 bridgehead atoms. The number of aryl methyl sites for hydroxylation is 1. The van der Waals surface area contributed by atoms with Crippen LogP contribution in [-0.4, -0.2) is 38.4 Å². The summed E-state index contributed by atoms with van der Waals surface area (Å²) in [7, 11) is 1.85. The summed E-state index contributed by atoms with van der Waals surface area (Å²) in [6.07, 6.45) is 11.4. The maximum absolute atomic E-state index is 4.65. The molecule has 6 heteroatoms. The first-order valence-corrected chi connectivity index (χ1v) is 8.84. The Morgan fingerprint density at radius 3 is 2.79 bits per heavy atom. The van der Waals surface area contributed by atoms with Gasteiger partial charge in [0.1, 0.15) is 5.82 Å². The van der Waals surface area contributed by atoms with Crippen molar-refractivity contribution in [2.45, 2.75) is 51.6 Å². The highest BCUT2D eigenvalue weighted by atomic mass is 15.2. The molecule has 0 amide bonds. The topological polar surface area (TPSA) is 66.8 Å². The van der Waals surface area contributed by atoms with Crippen LogP contribution in [0.3, 0.4) is 0 Å². The van der Waals surface area contributed by atoms with Gasteiger partial charge in [-0.1, -0.05) is 13.3 Å². The predicted molar refractivity (Wildman–Crippen MR) is 94.6 cm³/mol. The molecule has 0 radical (unpaired) electrons. The molecule has 2 aromatic rings. The van der Waals surface area contributed by atoms with Crippen molar-refractivity contribution >= 4 is 5.95 Å². The minimum absolute atomic E-state index is 0.337. The lowest BCUT2D eigenvalue weighted by Crippen LogP contribution is -2.33. The smallest absolute Gasteiger partial charge is 0.222 e. The zero-order valence-corrected chi connectivity index (χ0v) is 14.6. The number of piperidine rings is 1. The highest BCUT2D eigenvalue weighted by molar-refractivity contribution is 5.25. The fourth-order valence-corrected chi connectivity index (χ4v) is 3.24. The Hall–Kier alpha value is -2.08. The molecule has 24 heavy (non-hydrogen) atoms. The summed E-state index contributed by atoms with van der Waals surface area (Å²) < 4.78 is 0. The van der Waals surface area contributed by atoms with Crippen LogP contribution in [0.4, 0.5) is 5.95 Å². The number of likely N-dealkylation sites (tertiary alicyclic amines) is 1. The maximum atomic E-state index is 4.65. The van der Waals surface area contributed by atoms with Gasteiger partial charge in [-0.2, -0.15) is 0 Å². The number of hydrogen-bond donors (Lipinski definition) is 1. The van der Waals surface area contributed by atoms with E-state index in [0.29, 0.717) is 12.0 Å². The van der Waals surface area contributed by atoms with Crippen LogP contribution in [0.15, 0.2) is 24.7 Å².